The molecule has 290 valence electrons. The summed E-state index contributed by atoms with van der Waals surface area (Å²) in [6.45, 7) is 2.79. The lowest BCUT2D eigenvalue weighted by molar-refractivity contribution is -0.121. The molecule has 2 fully saturated rings. The molecule has 56 heavy (non-hydrogen) atoms. The van der Waals surface area contributed by atoms with Gasteiger partial charge in [0.15, 0.2) is 0 Å². The minimum atomic E-state index is -0.406. The van der Waals surface area contributed by atoms with Crippen LogP contribution in [0.2, 0.25) is 0 Å². The molecule has 5 aromatic rings. The first-order valence-corrected chi connectivity index (χ1v) is 18.6. The Morgan fingerprint density at radius 3 is 1.84 bits per heavy atom. The highest BCUT2D eigenvalue weighted by Gasteiger charge is 2.30. The highest BCUT2D eigenvalue weighted by Crippen LogP contribution is 2.30. The Morgan fingerprint density at radius 2 is 1.27 bits per heavy atom. The number of nitrogens with zero attached hydrogens (tertiary/aromatic N) is 5. The number of carbonyl (C=O) groups excluding carboxylic acids is 3. The molecule has 2 atom stereocenters. The molecule has 4 heterocycles. The standard InChI is InChI=1S/C25H26N4O4.C17H20N4O2/c1-32-22-12-6-5-11-20(22)21-14-23(27-17-26-21)28-24(30)19-10-7-13-29(15-19)25(31)33-16-18-8-3-2-4-9-18;1-23-15-7-3-2-6-13(15)14-9-16(20-11-19-14)21-17(22)12-5-4-8-18-10-12/h2-6,8-9,11-12,14,17,19H,7,10,13,15-16H2,1H3,(H,26,27,28,30);2-3,6-7,9,11-12,18H,4-5,8,10H2,1H3,(H,19,20,21,22)/t19-;12-/m00/s1. The summed E-state index contributed by atoms with van der Waals surface area (Å²) in [6, 6.07) is 28.2. The molecule has 0 spiro atoms. The number of likely N-dealkylation sites (tertiary alicyclic amines) is 1. The van der Waals surface area contributed by atoms with Gasteiger partial charge in [-0.3, -0.25) is 9.59 Å². The van der Waals surface area contributed by atoms with Gasteiger partial charge >= 0.3 is 6.09 Å². The Morgan fingerprint density at radius 1 is 0.714 bits per heavy atom. The molecule has 0 unspecified atom stereocenters. The molecule has 2 saturated heterocycles. The molecule has 2 aromatic heterocycles. The fraction of sp³-hybridized carbons (Fsp3) is 0.310. The number of nitrogens with one attached hydrogen (secondary N) is 3. The zero-order valence-electron chi connectivity index (χ0n) is 31.5. The van der Waals surface area contributed by atoms with E-state index in [0.717, 1.165) is 60.5 Å². The molecule has 14 heteroatoms. The quantitative estimate of drug-likeness (QED) is 0.148. The minimum absolute atomic E-state index is 0.00174. The van der Waals surface area contributed by atoms with Crippen molar-refractivity contribution in [1.29, 1.82) is 0 Å². The van der Waals surface area contributed by atoms with Gasteiger partial charge in [-0.15, -0.1) is 0 Å². The number of aromatic nitrogens is 4. The molecule has 3 aromatic carbocycles. The van der Waals surface area contributed by atoms with E-state index in [2.05, 4.69) is 35.9 Å². The van der Waals surface area contributed by atoms with Crippen molar-refractivity contribution in [1.82, 2.24) is 30.2 Å². The second-order valence-corrected chi connectivity index (χ2v) is 13.3. The van der Waals surface area contributed by atoms with Gasteiger partial charge in [-0.25, -0.2) is 24.7 Å². The highest BCUT2D eigenvalue weighted by atomic mass is 16.6. The predicted octanol–water partition coefficient (Wildman–Crippen LogP) is 6.23. The van der Waals surface area contributed by atoms with E-state index < -0.39 is 6.09 Å². The van der Waals surface area contributed by atoms with Crippen LogP contribution < -0.4 is 25.4 Å². The molecule has 2 aliphatic rings. The number of para-hydroxylation sites is 2. The molecular formula is C42H46N8O6. The topological polar surface area (TPSA) is 170 Å². The van der Waals surface area contributed by atoms with Crippen LogP contribution in [0.25, 0.3) is 22.5 Å². The Bertz CT molecular complexity index is 2080. The largest absolute Gasteiger partial charge is 0.496 e. The summed E-state index contributed by atoms with van der Waals surface area (Å²) in [5.74, 6) is 1.81. The lowest BCUT2D eigenvalue weighted by Crippen LogP contribution is -2.44. The summed E-state index contributed by atoms with van der Waals surface area (Å²) in [5, 5.41) is 9.00. The molecule has 14 nitrogen and oxygen atoms in total. The first kappa shape index (κ1) is 39.3. The third-order valence-electron chi connectivity index (χ3n) is 9.53. The third-order valence-corrected chi connectivity index (χ3v) is 9.53. The van der Waals surface area contributed by atoms with Gasteiger partial charge in [-0.1, -0.05) is 54.6 Å². The number of amides is 3. The number of hydrogen-bond acceptors (Lipinski definition) is 11. The van der Waals surface area contributed by atoms with Crippen LogP contribution in [0.15, 0.2) is 104 Å². The number of rotatable bonds is 10. The molecule has 7 rings (SSSR count). The van der Waals surface area contributed by atoms with Crippen LogP contribution in [-0.2, 0) is 20.9 Å². The summed E-state index contributed by atoms with van der Waals surface area (Å²) in [5.41, 5.74) is 3.96. The summed E-state index contributed by atoms with van der Waals surface area (Å²) in [6.07, 6.45) is 5.81. The lowest BCUT2D eigenvalue weighted by Gasteiger charge is -2.31. The molecule has 0 saturated carbocycles. The van der Waals surface area contributed by atoms with Crippen molar-refractivity contribution in [3.8, 4) is 34.0 Å². The molecule has 3 N–H and O–H groups in total. The van der Waals surface area contributed by atoms with E-state index in [4.69, 9.17) is 14.2 Å². The summed E-state index contributed by atoms with van der Waals surface area (Å²) < 4.78 is 16.2. The summed E-state index contributed by atoms with van der Waals surface area (Å²) >= 11 is 0. The predicted molar refractivity (Wildman–Crippen MR) is 212 cm³/mol. The molecule has 0 radical (unpaired) electrons. The van der Waals surface area contributed by atoms with Crippen molar-refractivity contribution in [2.24, 2.45) is 11.8 Å². The molecule has 3 amide bonds. The van der Waals surface area contributed by atoms with Gasteiger partial charge in [0.1, 0.15) is 42.4 Å². The Kier molecular flexibility index (Phi) is 13.9. The monoisotopic (exact) mass is 758 g/mol. The number of benzene rings is 3. The van der Waals surface area contributed by atoms with E-state index in [1.54, 1.807) is 31.3 Å². The van der Waals surface area contributed by atoms with Gasteiger partial charge in [0.05, 0.1) is 37.4 Å². The third kappa shape index (κ3) is 10.6. The van der Waals surface area contributed by atoms with Crippen molar-refractivity contribution in [3.63, 3.8) is 0 Å². The van der Waals surface area contributed by atoms with Crippen molar-refractivity contribution >= 4 is 29.5 Å². The fourth-order valence-corrected chi connectivity index (χ4v) is 6.56. The van der Waals surface area contributed by atoms with Crippen LogP contribution in [0.4, 0.5) is 16.4 Å². The van der Waals surface area contributed by atoms with Crippen molar-refractivity contribution in [2.45, 2.75) is 32.3 Å². The number of carbonyl (C=O) groups is 3. The van der Waals surface area contributed by atoms with Crippen molar-refractivity contribution < 1.29 is 28.6 Å². The summed E-state index contributed by atoms with van der Waals surface area (Å²) in [4.78, 5) is 56.2. The smallest absolute Gasteiger partial charge is 0.410 e. The average Bonchev–Trinajstić information content (AvgIpc) is 3.26. The fourth-order valence-electron chi connectivity index (χ4n) is 6.56. The molecule has 0 aliphatic carbocycles. The maximum atomic E-state index is 12.9. The SMILES string of the molecule is COc1ccccc1-c1cc(NC(=O)[C@H]2CCCN(C(=O)OCc3ccccc3)C2)ncn1.COc1ccccc1-c1cc(NC(=O)[C@H]2CCCNC2)ncn1. The Balaban J connectivity index is 0.000000202. The van der Waals surface area contributed by atoms with E-state index in [9.17, 15) is 14.4 Å². The highest BCUT2D eigenvalue weighted by molar-refractivity contribution is 5.93. The number of ether oxygens (including phenoxy) is 3. The van der Waals surface area contributed by atoms with Crippen LogP contribution >= 0.6 is 0 Å². The molecule has 0 bridgehead atoms. The number of piperidine rings is 2. The normalized spacial score (nSPS) is 16.4. The first-order valence-electron chi connectivity index (χ1n) is 18.6. The van der Waals surface area contributed by atoms with E-state index in [1.807, 2.05) is 78.9 Å². The van der Waals surface area contributed by atoms with Crippen molar-refractivity contribution in [2.75, 3.05) is 51.0 Å². The summed E-state index contributed by atoms with van der Waals surface area (Å²) in [7, 11) is 3.22. The zero-order valence-corrected chi connectivity index (χ0v) is 31.5. The van der Waals surface area contributed by atoms with Crippen molar-refractivity contribution in [3.05, 3.63) is 109 Å². The van der Waals surface area contributed by atoms with E-state index in [1.165, 1.54) is 12.7 Å². The van der Waals surface area contributed by atoms with Gasteiger partial charge in [0, 0.05) is 42.9 Å². The number of methoxy groups -OCH3 is 2. The van der Waals surface area contributed by atoms with E-state index >= 15 is 0 Å². The van der Waals surface area contributed by atoms with Gasteiger partial charge in [0.25, 0.3) is 0 Å². The first-order chi connectivity index (χ1) is 27.4. The van der Waals surface area contributed by atoms with E-state index in [-0.39, 0.29) is 30.3 Å². The molecular weight excluding hydrogens is 713 g/mol. The second-order valence-electron chi connectivity index (χ2n) is 13.3. The lowest BCUT2D eigenvalue weighted by atomic mass is 9.97. The molecule has 2 aliphatic heterocycles. The Labute approximate surface area is 326 Å². The maximum absolute atomic E-state index is 12.9. The Hall–Kier alpha value is -6.41. The number of anilines is 2. The van der Waals surface area contributed by atoms with Crippen LogP contribution in [0.3, 0.4) is 0 Å². The van der Waals surface area contributed by atoms with Crippen LogP contribution in [0, 0.1) is 11.8 Å². The van der Waals surface area contributed by atoms with E-state index in [0.29, 0.717) is 42.6 Å². The average molecular weight is 759 g/mol. The van der Waals surface area contributed by atoms with Gasteiger partial charge in [-0.2, -0.15) is 0 Å². The second kappa shape index (κ2) is 19.8. The maximum Gasteiger partial charge on any atom is 0.410 e. The van der Waals surface area contributed by atoms with Crippen LogP contribution in [0.1, 0.15) is 31.2 Å². The van der Waals surface area contributed by atoms with Gasteiger partial charge < -0.3 is 35.1 Å². The van der Waals surface area contributed by atoms with Crippen LogP contribution in [0.5, 0.6) is 11.5 Å². The minimum Gasteiger partial charge on any atom is -0.496 e. The van der Waals surface area contributed by atoms with Gasteiger partial charge in [0.2, 0.25) is 11.8 Å². The number of hydrogen-bond donors (Lipinski definition) is 3. The zero-order chi connectivity index (χ0) is 39.1. The van der Waals surface area contributed by atoms with Crippen LogP contribution in [-0.4, -0.2) is 83.1 Å². The van der Waals surface area contributed by atoms with Gasteiger partial charge in [-0.05, 0) is 62.1 Å².